The van der Waals surface area contributed by atoms with Crippen LogP contribution in [0.25, 0.3) is 11.3 Å². The van der Waals surface area contributed by atoms with Crippen LogP contribution in [0.5, 0.6) is 0 Å². The minimum Gasteiger partial charge on any atom is -0.391 e. The number of carbonyl (C=O) groups excluding carboxylic acids is 1. The molecule has 2 fully saturated rings. The highest BCUT2D eigenvalue weighted by atomic mass is 35.5. The van der Waals surface area contributed by atoms with Crippen LogP contribution < -0.4 is 10.2 Å². The van der Waals surface area contributed by atoms with Gasteiger partial charge in [-0.25, -0.2) is 15.0 Å². The zero-order chi connectivity index (χ0) is 21.4. The first-order chi connectivity index (χ1) is 15.1. The molecule has 3 aromatic heterocycles. The van der Waals surface area contributed by atoms with Gasteiger partial charge in [0.25, 0.3) is 0 Å². The van der Waals surface area contributed by atoms with E-state index in [0.717, 1.165) is 24.1 Å². The molecule has 1 atom stereocenters. The molecule has 1 aliphatic carbocycles. The number of halogens is 1. The molecular weight excluding hydrogens is 428 g/mol. The summed E-state index contributed by atoms with van der Waals surface area (Å²) in [5, 5.41) is 22.0. The van der Waals surface area contributed by atoms with Crippen LogP contribution in [0, 0.1) is 11.3 Å². The number of pyridine rings is 3. The Morgan fingerprint density at radius 2 is 1.97 bits per heavy atom. The summed E-state index contributed by atoms with van der Waals surface area (Å²) >= 11 is 0. The summed E-state index contributed by atoms with van der Waals surface area (Å²) in [4.78, 5) is 26.9. The third kappa shape index (κ3) is 4.54. The van der Waals surface area contributed by atoms with E-state index in [9.17, 15) is 9.90 Å². The zero-order valence-corrected chi connectivity index (χ0v) is 17.9. The van der Waals surface area contributed by atoms with Gasteiger partial charge in [-0.15, -0.1) is 12.4 Å². The number of anilines is 3. The molecule has 0 aromatic carbocycles. The molecule has 2 N–H and O–H groups in total. The highest BCUT2D eigenvalue weighted by molar-refractivity contribution is 5.95. The van der Waals surface area contributed by atoms with E-state index in [1.807, 2.05) is 12.1 Å². The molecule has 3 aromatic rings. The second-order valence-corrected chi connectivity index (χ2v) is 7.88. The lowest BCUT2D eigenvalue weighted by atomic mass is 10.1. The SMILES string of the molecule is Cl.N#Cc1ccnc(Nc2cc(C3CC3)cc(-c3ccc(N4C[C@H](O)CC4=O)nc3)n2)c1. The van der Waals surface area contributed by atoms with E-state index in [-0.39, 0.29) is 31.3 Å². The van der Waals surface area contributed by atoms with E-state index in [1.165, 1.54) is 10.5 Å². The van der Waals surface area contributed by atoms with Gasteiger partial charge in [-0.1, -0.05) is 0 Å². The van der Waals surface area contributed by atoms with E-state index in [1.54, 1.807) is 30.6 Å². The number of hydrogen-bond donors (Lipinski definition) is 2. The van der Waals surface area contributed by atoms with Gasteiger partial charge in [-0.05, 0) is 60.7 Å². The predicted octanol–water partition coefficient (Wildman–Crippen LogP) is 3.55. The van der Waals surface area contributed by atoms with Gasteiger partial charge in [-0.2, -0.15) is 5.26 Å². The number of rotatable bonds is 5. The van der Waals surface area contributed by atoms with Crippen molar-refractivity contribution in [1.29, 1.82) is 5.26 Å². The largest absolute Gasteiger partial charge is 0.391 e. The van der Waals surface area contributed by atoms with Crippen LogP contribution in [0.1, 0.15) is 36.3 Å². The summed E-state index contributed by atoms with van der Waals surface area (Å²) in [6.07, 6.45) is 5.08. The van der Waals surface area contributed by atoms with E-state index in [0.29, 0.717) is 28.9 Å². The molecule has 0 radical (unpaired) electrons. The molecular formula is C23H21ClN6O2. The Kier molecular flexibility index (Phi) is 6.04. The van der Waals surface area contributed by atoms with E-state index in [4.69, 9.17) is 10.2 Å². The van der Waals surface area contributed by atoms with E-state index < -0.39 is 6.10 Å². The maximum absolute atomic E-state index is 12.0. The first-order valence-electron chi connectivity index (χ1n) is 10.2. The average Bonchev–Trinajstić information content (AvgIpc) is 3.58. The molecule has 0 bridgehead atoms. The molecule has 4 heterocycles. The van der Waals surface area contributed by atoms with Gasteiger partial charge in [0.1, 0.15) is 17.5 Å². The van der Waals surface area contributed by atoms with Crippen LogP contribution >= 0.6 is 12.4 Å². The van der Waals surface area contributed by atoms with Gasteiger partial charge in [0.05, 0.1) is 36.4 Å². The maximum atomic E-state index is 12.0. The fraction of sp³-hybridized carbons (Fsp3) is 0.261. The Balaban J connectivity index is 0.00000245. The molecule has 32 heavy (non-hydrogen) atoms. The normalized spacial score (nSPS) is 17.6. The fourth-order valence-electron chi connectivity index (χ4n) is 3.72. The monoisotopic (exact) mass is 448 g/mol. The summed E-state index contributed by atoms with van der Waals surface area (Å²) in [5.41, 5.74) is 3.33. The molecule has 0 spiro atoms. The van der Waals surface area contributed by atoms with Gasteiger partial charge in [0.15, 0.2) is 0 Å². The summed E-state index contributed by atoms with van der Waals surface area (Å²) in [5.74, 6) is 2.14. The molecule has 8 nitrogen and oxygen atoms in total. The minimum atomic E-state index is -0.646. The number of aliphatic hydroxyl groups excluding tert-OH is 1. The van der Waals surface area contributed by atoms with Gasteiger partial charge >= 0.3 is 0 Å². The number of nitriles is 1. The second kappa shape index (κ2) is 8.91. The van der Waals surface area contributed by atoms with Gasteiger partial charge in [0, 0.05) is 18.0 Å². The van der Waals surface area contributed by atoms with Crippen molar-refractivity contribution in [2.45, 2.75) is 31.3 Å². The van der Waals surface area contributed by atoms with Crippen molar-refractivity contribution in [3.8, 4) is 17.3 Å². The minimum absolute atomic E-state index is 0. The number of carbonyl (C=O) groups is 1. The van der Waals surface area contributed by atoms with Gasteiger partial charge in [0.2, 0.25) is 5.91 Å². The summed E-state index contributed by atoms with van der Waals surface area (Å²) in [6, 6.07) is 13.2. The van der Waals surface area contributed by atoms with Crippen LogP contribution in [0.4, 0.5) is 17.5 Å². The predicted molar refractivity (Wildman–Crippen MR) is 122 cm³/mol. The molecule has 2 aliphatic rings. The third-order valence-electron chi connectivity index (χ3n) is 5.47. The standard InChI is InChI=1S/C23H20N6O2.ClH/c24-11-14-5-6-25-20(7-14)28-21-9-17(15-1-2-15)8-19(27-21)16-3-4-22(26-12-16)29-13-18(30)10-23(29)31;/h3-9,12,15,18,30H,1-2,10,13H2,(H,25,27,28);1H/t18-;/m1./s1. The quantitative estimate of drug-likeness (QED) is 0.613. The Labute approximate surface area is 191 Å². The number of aliphatic hydroxyl groups is 1. The lowest BCUT2D eigenvalue weighted by Crippen LogP contribution is -2.26. The first kappa shape index (κ1) is 21.7. The van der Waals surface area contributed by atoms with Crippen molar-refractivity contribution in [2.24, 2.45) is 0 Å². The second-order valence-electron chi connectivity index (χ2n) is 7.88. The van der Waals surface area contributed by atoms with Crippen LogP contribution in [0.15, 0.2) is 48.8 Å². The number of amides is 1. The average molecular weight is 449 g/mol. The number of nitrogens with one attached hydrogen (secondary N) is 1. The maximum Gasteiger partial charge on any atom is 0.230 e. The summed E-state index contributed by atoms with van der Waals surface area (Å²) in [7, 11) is 0. The van der Waals surface area contributed by atoms with Crippen molar-refractivity contribution < 1.29 is 9.90 Å². The van der Waals surface area contributed by atoms with Crippen LogP contribution in [0.3, 0.4) is 0 Å². The lowest BCUT2D eigenvalue weighted by molar-refractivity contribution is -0.117. The zero-order valence-electron chi connectivity index (χ0n) is 17.1. The van der Waals surface area contributed by atoms with Crippen molar-refractivity contribution in [3.63, 3.8) is 0 Å². The number of hydrogen-bond acceptors (Lipinski definition) is 7. The molecule has 1 saturated carbocycles. The van der Waals surface area contributed by atoms with Crippen LogP contribution in [-0.4, -0.2) is 38.6 Å². The topological polar surface area (TPSA) is 115 Å². The Hall–Kier alpha value is -3.54. The van der Waals surface area contributed by atoms with Gasteiger partial charge in [-0.3, -0.25) is 9.69 Å². The molecule has 0 unspecified atom stereocenters. The molecule has 1 aliphatic heterocycles. The molecule has 9 heteroatoms. The highest BCUT2D eigenvalue weighted by Gasteiger charge is 2.30. The first-order valence-corrected chi connectivity index (χ1v) is 10.2. The number of β-amino-alcohol motifs (C(OH)–C–C–N with tert-alkyl or cyclic N) is 1. The van der Waals surface area contributed by atoms with Crippen LogP contribution in [-0.2, 0) is 4.79 Å². The molecule has 1 amide bonds. The van der Waals surface area contributed by atoms with Crippen LogP contribution in [0.2, 0.25) is 0 Å². The highest BCUT2D eigenvalue weighted by Crippen LogP contribution is 2.42. The van der Waals surface area contributed by atoms with E-state index in [2.05, 4.69) is 27.4 Å². The smallest absolute Gasteiger partial charge is 0.230 e. The fourth-order valence-corrected chi connectivity index (χ4v) is 3.72. The Morgan fingerprint density at radius 1 is 1.12 bits per heavy atom. The van der Waals surface area contributed by atoms with Crippen molar-refractivity contribution >= 4 is 35.8 Å². The van der Waals surface area contributed by atoms with Gasteiger partial charge < -0.3 is 10.4 Å². The lowest BCUT2D eigenvalue weighted by Gasteiger charge is -2.15. The van der Waals surface area contributed by atoms with E-state index >= 15 is 0 Å². The summed E-state index contributed by atoms with van der Waals surface area (Å²) < 4.78 is 0. The Morgan fingerprint density at radius 3 is 2.62 bits per heavy atom. The Bertz CT molecular complexity index is 1190. The molecule has 5 rings (SSSR count). The van der Waals surface area contributed by atoms with Crippen molar-refractivity contribution in [3.05, 3.63) is 59.9 Å². The van der Waals surface area contributed by atoms with Crippen molar-refractivity contribution in [2.75, 3.05) is 16.8 Å². The molecule has 162 valence electrons. The third-order valence-corrected chi connectivity index (χ3v) is 5.47. The number of aromatic nitrogens is 3. The molecule has 1 saturated heterocycles. The summed E-state index contributed by atoms with van der Waals surface area (Å²) in [6.45, 7) is 0.267. The number of nitrogens with zero attached hydrogens (tertiary/aromatic N) is 5. The van der Waals surface area contributed by atoms with Crippen molar-refractivity contribution in [1.82, 2.24) is 15.0 Å².